The maximum absolute atomic E-state index is 11.4. The molecule has 1 atom stereocenters. The standard InChI is InChI=1S/C7H14N4O2S/c1-6(7-8-4-5-9-7)10-14(12,13)11(2)3/h4-6,10H,1-3H3,(H,8,9). The summed E-state index contributed by atoms with van der Waals surface area (Å²) >= 11 is 0. The molecule has 0 radical (unpaired) electrons. The molecule has 6 nitrogen and oxygen atoms in total. The van der Waals surface area contributed by atoms with Crippen LogP contribution in [0, 0.1) is 0 Å². The molecule has 0 fully saturated rings. The number of nitrogens with zero attached hydrogens (tertiary/aromatic N) is 2. The van der Waals surface area contributed by atoms with Crippen molar-refractivity contribution in [3.05, 3.63) is 18.2 Å². The predicted octanol–water partition coefficient (Wildman–Crippen LogP) is -0.133. The van der Waals surface area contributed by atoms with Gasteiger partial charge in [-0.1, -0.05) is 0 Å². The van der Waals surface area contributed by atoms with Gasteiger partial charge >= 0.3 is 0 Å². The lowest BCUT2D eigenvalue weighted by Crippen LogP contribution is -2.37. The number of imidazole rings is 1. The molecule has 0 saturated heterocycles. The van der Waals surface area contributed by atoms with Crippen molar-refractivity contribution in [3.63, 3.8) is 0 Å². The summed E-state index contributed by atoms with van der Waals surface area (Å²) in [6.45, 7) is 1.72. The molecule has 0 amide bonds. The fourth-order valence-corrected chi connectivity index (χ4v) is 1.67. The zero-order valence-corrected chi connectivity index (χ0v) is 9.17. The third-order valence-electron chi connectivity index (χ3n) is 1.74. The molecule has 0 aliphatic heterocycles. The summed E-state index contributed by atoms with van der Waals surface area (Å²) in [4.78, 5) is 6.80. The molecule has 1 aromatic heterocycles. The Morgan fingerprint density at radius 1 is 1.57 bits per heavy atom. The minimum atomic E-state index is -3.40. The topological polar surface area (TPSA) is 78.1 Å². The lowest BCUT2D eigenvalue weighted by atomic mass is 10.3. The van der Waals surface area contributed by atoms with Crippen molar-refractivity contribution in [2.24, 2.45) is 0 Å². The first kappa shape index (κ1) is 11.2. The fourth-order valence-electron chi connectivity index (χ4n) is 0.899. The molecule has 0 aliphatic rings. The summed E-state index contributed by atoms with van der Waals surface area (Å²) in [6, 6.07) is -0.364. The van der Waals surface area contributed by atoms with E-state index in [0.29, 0.717) is 5.82 Å². The Morgan fingerprint density at radius 2 is 2.21 bits per heavy atom. The predicted molar refractivity (Wildman–Crippen MR) is 52.7 cm³/mol. The Labute approximate surface area is 83.5 Å². The van der Waals surface area contributed by atoms with E-state index in [1.165, 1.54) is 14.1 Å². The summed E-state index contributed by atoms with van der Waals surface area (Å²) in [5.41, 5.74) is 0. The molecule has 80 valence electrons. The first-order chi connectivity index (χ1) is 6.43. The first-order valence-corrected chi connectivity index (χ1v) is 5.56. The van der Waals surface area contributed by atoms with E-state index in [4.69, 9.17) is 0 Å². The van der Waals surface area contributed by atoms with E-state index in [1.54, 1.807) is 19.3 Å². The van der Waals surface area contributed by atoms with Gasteiger partial charge in [0, 0.05) is 26.5 Å². The number of nitrogens with one attached hydrogen (secondary N) is 2. The zero-order chi connectivity index (χ0) is 10.8. The van der Waals surface area contributed by atoms with Gasteiger partial charge in [-0.15, -0.1) is 0 Å². The Hall–Kier alpha value is -0.920. The number of hydrogen-bond acceptors (Lipinski definition) is 3. The van der Waals surface area contributed by atoms with Gasteiger partial charge in [-0.25, -0.2) is 4.98 Å². The van der Waals surface area contributed by atoms with Crippen LogP contribution >= 0.6 is 0 Å². The maximum Gasteiger partial charge on any atom is 0.279 e. The third-order valence-corrected chi connectivity index (χ3v) is 3.35. The molecule has 1 unspecified atom stereocenters. The van der Waals surface area contributed by atoms with Crippen LogP contribution in [0.2, 0.25) is 0 Å². The number of hydrogen-bond donors (Lipinski definition) is 2. The first-order valence-electron chi connectivity index (χ1n) is 4.12. The highest BCUT2D eigenvalue weighted by Gasteiger charge is 2.18. The number of aromatic nitrogens is 2. The molecule has 0 spiro atoms. The average Bonchev–Trinajstić information content (AvgIpc) is 2.54. The smallest absolute Gasteiger partial charge is 0.279 e. The van der Waals surface area contributed by atoms with Crippen LogP contribution in [0.1, 0.15) is 18.8 Å². The van der Waals surface area contributed by atoms with Gasteiger partial charge in [-0.3, -0.25) is 0 Å². The van der Waals surface area contributed by atoms with Crippen molar-refractivity contribution in [1.82, 2.24) is 19.0 Å². The van der Waals surface area contributed by atoms with Crippen molar-refractivity contribution in [2.75, 3.05) is 14.1 Å². The summed E-state index contributed by atoms with van der Waals surface area (Å²) in [5, 5.41) is 0. The van der Waals surface area contributed by atoms with E-state index in [9.17, 15) is 8.42 Å². The van der Waals surface area contributed by atoms with Crippen LogP contribution in [0.5, 0.6) is 0 Å². The Kier molecular flexibility index (Phi) is 3.25. The maximum atomic E-state index is 11.4. The Bertz CT molecular complexity index is 370. The van der Waals surface area contributed by atoms with Crippen molar-refractivity contribution < 1.29 is 8.42 Å². The minimum absolute atomic E-state index is 0.364. The second kappa shape index (κ2) is 4.07. The molecule has 1 heterocycles. The summed E-state index contributed by atoms with van der Waals surface area (Å²) in [7, 11) is -0.461. The van der Waals surface area contributed by atoms with Crippen molar-refractivity contribution in [1.29, 1.82) is 0 Å². The largest absolute Gasteiger partial charge is 0.347 e. The quantitative estimate of drug-likeness (QED) is 0.738. The van der Waals surface area contributed by atoms with E-state index in [0.717, 1.165) is 4.31 Å². The second-order valence-corrected chi connectivity index (χ2v) is 5.02. The normalized spacial score (nSPS) is 14.6. The van der Waals surface area contributed by atoms with Crippen LogP contribution < -0.4 is 4.72 Å². The Morgan fingerprint density at radius 3 is 2.64 bits per heavy atom. The summed E-state index contributed by atoms with van der Waals surface area (Å²) in [5.74, 6) is 0.593. The van der Waals surface area contributed by atoms with Crippen molar-refractivity contribution in [2.45, 2.75) is 13.0 Å². The highest BCUT2D eigenvalue weighted by molar-refractivity contribution is 7.87. The van der Waals surface area contributed by atoms with Gasteiger partial charge in [-0.05, 0) is 6.92 Å². The third kappa shape index (κ3) is 2.53. The van der Waals surface area contributed by atoms with Gasteiger partial charge < -0.3 is 4.98 Å². The summed E-state index contributed by atoms with van der Waals surface area (Å²) in [6.07, 6.45) is 3.23. The highest BCUT2D eigenvalue weighted by Crippen LogP contribution is 2.07. The minimum Gasteiger partial charge on any atom is -0.347 e. The van der Waals surface area contributed by atoms with Crippen molar-refractivity contribution in [3.8, 4) is 0 Å². The molecule has 0 aromatic carbocycles. The van der Waals surface area contributed by atoms with Crippen LogP contribution in [0.4, 0.5) is 0 Å². The molecular formula is C7H14N4O2S. The van der Waals surface area contributed by atoms with Gasteiger partial charge in [0.2, 0.25) is 0 Å². The van der Waals surface area contributed by atoms with Gasteiger partial charge in [0.25, 0.3) is 10.2 Å². The van der Waals surface area contributed by atoms with Crippen LogP contribution in [-0.2, 0) is 10.2 Å². The van der Waals surface area contributed by atoms with Crippen molar-refractivity contribution >= 4 is 10.2 Å². The molecule has 7 heteroatoms. The van der Waals surface area contributed by atoms with E-state index in [-0.39, 0.29) is 6.04 Å². The van der Waals surface area contributed by atoms with E-state index >= 15 is 0 Å². The lowest BCUT2D eigenvalue weighted by Gasteiger charge is -2.16. The molecule has 2 N–H and O–H groups in total. The summed E-state index contributed by atoms with van der Waals surface area (Å²) < 4.78 is 26.4. The van der Waals surface area contributed by atoms with Crippen LogP contribution in [0.3, 0.4) is 0 Å². The van der Waals surface area contributed by atoms with Gasteiger partial charge in [0.1, 0.15) is 5.82 Å². The molecule has 14 heavy (non-hydrogen) atoms. The molecule has 0 bridgehead atoms. The van der Waals surface area contributed by atoms with E-state index in [2.05, 4.69) is 14.7 Å². The fraction of sp³-hybridized carbons (Fsp3) is 0.571. The number of aromatic amines is 1. The van der Waals surface area contributed by atoms with Gasteiger partial charge in [-0.2, -0.15) is 17.4 Å². The lowest BCUT2D eigenvalue weighted by molar-refractivity contribution is 0.491. The van der Waals surface area contributed by atoms with Gasteiger partial charge in [0.15, 0.2) is 0 Å². The van der Waals surface area contributed by atoms with E-state index < -0.39 is 10.2 Å². The number of rotatable bonds is 4. The highest BCUT2D eigenvalue weighted by atomic mass is 32.2. The number of H-pyrrole nitrogens is 1. The average molecular weight is 218 g/mol. The Balaban J connectivity index is 2.71. The van der Waals surface area contributed by atoms with E-state index in [1.807, 2.05) is 0 Å². The SMILES string of the molecule is CC(NS(=O)(=O)N(C)C)c1ncc[nH]1. The molecule has 0 saturated carbocycles. The van der Waals surface area contributed by atoms with Crippen LogP contribution in [-0.4, -0.2) is 36.8 Å². The molecule has 0 aliphatic carbocycles. The molecule has 1 rings (SSSR count). The monoisotopic (exact) mass is 218 g/mol. The van der Waals surface area contributed by atoms with Crippen LogP contribution in [0.25, 0.3) is 0 Å². The molecular weight excluding hydrogens is 204 g/mol. The van der Waals surface area contributed by atoms with Gasteiger partial charge in [0.05, 0.1) is 6.04 Å². The molecule has 1 aromatic rings. The van der Waals surface area contributed by atoms with Crippen LogP contribution in [0.15, 0.2) is 12.4 Å². The second-order valence-electron chi connectivity index (χ2n) is 3.10. The zero-order valence-electron chi connectivity index (χ0n) is 8.35.